The van der Waals surface area contributed by atoms with Crippen LogP contribution in [-0.4, -0.2) is 21.3 Å². The van der Waals surface area contributed by atoms with Crippen molar-refractivity contribution in [1.82, 2.24) is 15.6 Å². The molecular weight excluding hydrogens is 341 g/mol. The first-order valence-electron chi connectivity index (χ1n) is 8.13. The molecule has 0 aliphatic carbocycles. The molecule has 2 aromatic rings. The molecule has 3 atom stereocenters. The second-order valence-corrected chi connectivity index (χ2v) is 6.78. The van der Waals surface area contributed by atoms with Crippen molar-refractivity contribution in [3.63, 3.8) is 0 Å². The van der Waals surface area contributed by atoms with Gasteiger partial charge in [0, 0.05) is 17.3 Å². The van der Waals surface area contributed by atoms with E-state index in [9.17, 15) is 9.50 Å². The van der Waals surface area contributed by atoms with E-state index in [0.717, 1.165) is 22.4 Å². The van der Waals surface area contributed by atoms with Gasteiger partial charge in [0.1, 0.15) is 17.7 Å². The maximum atomic E-state index is 13.2. The Bertz CT molecular complexity index is 828. The average Bonchev–Trinajstić information content (AvgIpc) is 2.62. The number of nitrogens with one attached hydrogen (secondary N) is 2. The predicted octanol–water partition coefficient (Wildman–Crippen LogP) is 2.12. The maximum absolute atomic E-state index is 13.2. The van der Waals surface area contributed by atoms with Crippen molar-refractivity contribution in [3.8, 4) is 5.75 Å². The minimum absolute atomic E-state index is 0.0358. The molecule has 1 aromatic carbocycles. The summed E-state index contributed by atoms with van der Waals surface area (Å²) in [6.07, 6.45) is 1.82. The van der Waals surface area contributed by atoms with Crippen LogP contribution in [0.15, 0.2) is 30.5 Å². The van der Waals surface area contributed by atoms with Crippen LogP contribution in [0.3, 0.4) is 0 Å². The van der Waals surface area contributed by atoms with Crippen LogP contribution < -0.4 is 15.4 Å². The smallest absolute Gasteiger partial charge is 0.161 e. The molecule has 0 amide bonds. The largest absolute Gasteiger partial charge is 0.472 e. The zero-order valence-electron chi connectivity index (χ0n) is 13.6. The third-order valence-electron chi connectivity index (χ3n) is 4.77. The number of aliphatic hydroxyl groups excluding tert-OH is 1. The fourth-order valence-corrected chi connectivity index (χ4v) is 3.72. The molecule has 1 fully saturated rings. The lowest BCUT2D eigenvalue weighted by atomic mass is 9.89. The Morgan fingerprint density at radius 1 is 1.36 bits per heavy atom. The second kappa shape index (κ2) is 6.33. The molecule has 2 aliphatic heterocycles. The van der Waals surface area contributed by atoms with Gasteiger partial charge in [0.05, 0.1) is 23.2 Å². The van der Waals surface area contributed by atoms with Crippen molar-refractivity contribution >= 4 is 17.2 Å². The van der Waals surface area contributed by atoms with Gasteiger partial charge in [0.2, 0.25) is 0 Å². The van der Waals surface area contributed by atoms with Crippen LogP contribution in [0.4, 0.5) is 4.39 Å². The average molecular weight is 359 g/mol. The Labute approximate surface area is 150 Å². The second-order valence-electron chi connectivity index (χ2n) is 6.34. The van der Waals surface area contributed by atoms with Crippen molar-refractivity contribution in [1.29, 1.82) is 0 Å². The number of ether oxygens (including phenoxy) is 1. The van der Waals surface area contributed by atoms with Gasteiger partial charge < -0.3 is 15.2 Å². The van der Waals surface area contributed by atoms with Crippen molar-refractivity contribution in [2.75, 3.05) is 0 Å². The van der Waals surface area contributed by atoms with E-state index in [1.807, 2.05) is 6.92 Å². The number of hydrogen-bond acceptors (Lipinski definition) is 5. The first-order chi connectivity index (χ1) is 12.1. The van der Waals surface area contributed by atoms with Crippen molar-refractivity contribution < 1.29 is 14.2 Å². The lowest BCUT2D eigenvalue weighted by molar-refractivity contribution is 0.0782. The lowest BCUT2D eigenvalue weighted by Crippen LogP contribution is -2.60. The highest BCUT2D eigenvalue weighted by atomic mass is 32.1. The van der Waals surface area contributed by atoms with E-state index in [4.69, 9.17) is 17.0 Å². The monoisotopic (exact) mass is 359 g/mol. The Morgan fingerprint density at radius 2 is 2.12 bits per heavy atom. The Hall–Kier alpha value is -2.09. The van der Waals surface area contributed by atoms with Crippen molar-refractivity contribution in [3.05, 3.63) is 58.7 Å². The van der Waals surface area contributed by atoms with E-state index in [2.05, 4.69) is 15.6 Å². The summed E-state index contributed by atoms with van der Waals surface area (Å²) >= 11 is 5.56. The molecule has 5 nitrogen and oxygen atoms in total. The highest BCUT2D eigenvalue weighted by Gasteiger charge is 2.40. The highest BCUT2D eigenvalue weighted by molar-refractivity contribution is 7.80. The normalized spacial score (nSPS) is 24.8. The number of aromatic nitrogens is 1. The summed E-state index contributed by atoms with van der Waals surface area (Å²) in [4.78, 5) is 5.00. The van der Waals surface area contributed by atoms with E-state index >= 15 is 0 Å². The number of benzene rings is 1. The summed E-state index contributed by atoms with van der Waals surface area (Å²) in [5.74, 6) is 0.398. The van der Waals surface area contributed by atoms with Gasteiger partial charge in [-0.15, -0.1) is 0 Å². The number of thiocarbonyl (C=S) groups is 1. The standard InChI is InChI=1S/C18H18FN3O2S/c1-9-15-13(11(8-23)7-20-9)6-14-17(24-15)21-16(22-18(14)25)10-2-4-12(19)5-3-10/h2-5,7,14,16-17,21,23H,6,8H2,1H3,(H,22,25). The zero-order chi connectivity index (χ0) is 17.6. The molecule has 130 valence electrons. The van der Waals surface area contributed by atoms with Crippen LogP contribution in [0.5, 0.6) is 5.75 Å². The number of hydrogen-bond donors (Lipinski definition) is 3. The molecule has 0 spiro atoms. The topological polar surface area (TPSA) is 66.4 Å². The van der Waals surface area contributed by atoms with Gasteiger partial charge in [0.25, 0.3) is 0 Å². The van der Waals surface area contributed by atoms with Crippen LogP contribution in [0, 0.1) is 18.7 Å². The summed E-state index contributed by atoms with van der Waals surface area (Å²) in [6, 6.07) is 6.28. The van der Waals surface area contributed by atoms with Gasteiger partial charge in [-0.05, 0) is 31.0 Å². The Morgan fingerprint density at radius 3 is 2.84 bits per heavy atom. The SMILES string of the molecule is Cc1ncc(CO)c2c1OC1NC(c3ccc(F)cc3)NC(=S)C1C2. The first kappa shape index (κ1) is 16.4. The Kier molecular flexibility index (Phi) is 4.15. The number of nitrogens with zero attached hydrogens (tertiary/aromatic N) is 1. The number of pyridine rings is 1. The number of fused-ring (bicyclic) bond motifs is 2. The molecule has 4 rings (SSSR count). The van der Waals surface area contributed by atoms with Crippen LogP contribution in [0.2, 0.25) is 0 Å². The van der Waals surface area contributed by atoms with Gasteiger partial charge >= 0.3 is 0 Å². The van der Waals surface area contributed by atoms with Crippen LogP contribution >= 0.6 is 12.2 Å². The maximum Gasteiger partial charge on any atom is 0.161 e. The van der Waals surface area contributed by atoms with Gasteiger partial charge in [-0.3, -0.25) is 10.3 Å². The first-order valence-corrected chi connectivity index (χ1v) is 8.54. The van der Waals surface area contributed by atoms with E-state index in [-0.39, 0.29) is 30.7 Å². The third kappa shape index (κ3) is 2.88. The molecule has 3 unspecified atom stereocenters. The minimum Gasteiger partial charge on any atom is -0.472 e. The molecule has 7 heteroatoms. The van der Waals surface area contributed by atoms with E-state index in [1.165, 1.54) is 12.1 Å². The number of rotatable bonds is 2. The molecule has 3 heterocycles. The van der Waals surface area contributed by atoms with Crippen LogP contribution in [0.1, 0.15) is 28.6 Å². The van der Waals surface area contributed by atoms with Gasteiger partial charge in [-0.2, -0.15) is 0 Å². The fraction of sp³-hybridized carbons (Fsp3) is 0.333. The van der Waals surface area contributed by atoms with Gasteiger partial charge in [-0.25, -0.2) is 4.39 Å². The third-order valence-corrected chi connectivity index (χ3v) is 5.19. The quantitative estimate of drug-likeness (QED) is 0.714. The molecule has 2 aliphatic rings. The predicted molar refractivity (Wildman–Crippen MR) is 94.5 cm³/mol. The van der Waals surface area contributed by atoms with Crippen LogP contribution in [-0.2, 0) is 13.0 Å². The number of aliphatic hydroxyl groups is 1. The summed E-state index contributed by atoms with van der Waals surface area (Å²) in [5.41, 5.74) is 3.40. The number of aryl methyl sites for hydroxylation is 1. The molecular formula is C18H18FN3O2S. The van der Waals surface area contributed by atoms with Crippen LogP contribution in [0.25, 0.3) is 0 Å². The minimum atomic E-state index is -0.300. The van der Waals surface area contributed by atoms with Gasteiger partial charge in [0.15, 0.2) is 6.23 Å². The number of halogens is 1. The summed E-state index contributed by atoms with van der Waals surface area (Å²) in [6.45, 7) is 1.80. The highest BCUT2D eigenvalue weighted by Crippen LogP contribution is 2.37. The summed E-state index contributed by atoms with van der Waals surface area (Å²) in [5, 5.41) is 16.2. The Balaban J connectivity index is 1.65. The van der Waals surface area contributed by atoms with E-state index in [1.54, 1.807) is 18.3 Å². The van der Waals surface area contributed by atoms with E-state index < -0.39 is 0 Å². The molecule has 3 N–H and O–H groups in total. The summed E-state index contributed by atoms with van der Waals surface area (Å²) in [7, 11) is 0. The van der Waals surface area contributed by atoms with Crippen molar-refractivity contribution in [2.24, 2.45) is 5.92 Å². The molecule has 0 saturated carbocycles. The van der Waals surface area contributed by atoms with E-state index in [0.29, 0.717) is 17.2 Å². The van der Waals surface area contributed by atoms with Crippen molar-refractivity contribution in [2.45, 2.75) is 32.3 Å². The molecule has 1 saturated heterocycles. The molecule has 0 radical (unpaired) electrons. The zero-order valence-corrected chi connectivity index (χ0v) is 14.4. The molecule has 1 aromatic heterocycles. The lowest BCUT2D eigenvalue weighted by Gasteiger charge is -2.42. The summed E-state index contributed by atoms with van der Waals surface area (Å²) < 4.78 is 19.3. The fourth-order valence-electron chi connectivity index (χ4n) is 3.40. The van der Waals surface area contributed by atoms with Gasteiger partial charge in [-0.1, -0.05) is 24.4 Å². The molecule has 25 heavy (non-hydrogen) atoms. The molecule has 0 bridgehead atoms.